The van der Waals surface area contributed by atoms with Gasteiger partial charge < -0.3 is 25.2 Å². The Bertz CT molecular complexity index is 374. The van der Waals surface area contributed by atoms with Crippen LogP contribution in [0.5, 0.6) is 0 Å². The molecule has 4 N–H and O–H groups in total. The molecule has 0 aromatic rings. The Morgan fingerprint density at radius 1 is 0.621 bits per heavy atom. The maximum Gasteiger partial charge on any atom is 0.103 e. The molecular weight excluding hydrogens is 368 g/mol. The van der Waals surface area contributed by atoms with Crippen molar-refractivity contribution in [2.24, 2.45) is 22.7 Å². The van der Waals surface area contributed by atoms with E-state index in [0.717, 1.165) is 25.7 Å². The molecule has 0 aromatic carbocycles. The van der Waals surface area contributed by atoms with Crippen molar-refractivity contribution >= 4 is 0 Å². The lowest BCUT2D eigenvalue weighted by Gasteiger charge is -2.32. The number of ether oxygens (including phenoxy) is 1. The largest absolute Gasteiger partial charge is 0.394 e. The van der Waals surface area contributed by atoms with Crippen LogP contribution >= 0.6 is 0 Å². The van der Waals surface area contributed by atoms with Gasteiger partial charge >= 0.3 is 0 Å². The minimum Gasteiger partial charge on any atom is -0.394 e. The number of aliphatic hydroxyl groups is 4. The molecule has 0 aliphatic rings. The molecule has 0 rings (SSSR count). The smallest absolute Gasteiger partial charge is 0.103 e. The van der Waals surface area contributed by atoms with Gasteiger partial charge in [-0.1, -0.05) is 55.4 Å². The Hall–Kier alpha value is -0.200. The highest BCUT2D eigenvalue weighted by Gasteiger charge is 2.29. The molecule has 0 saturated carbocycles. The van der Waals surface area contributed by atoms with Gasteiger partial charge in [0.25, 0.3) is 0 Å². The zero-order chi connectivity index (χ0) is 22.8. The summed E-state index contributed by atoms with van der Waals surface area (Å²) in [4.78, 5) is 0. The van der Waals surface area contributed by atoms with Crippen molar-refractivity contribution in [1.82, 2.24) is 0 Å². The summed E-state index contributed by atoms with van der Waals surface area (Å²) in [6.07, 6.45) is 2.05. The molecule has 29 heavy (non-hydrogen) atoms. The first-order chi connectivity index (χ1) is 13.2. The van der Waals surface area contributed by atoms with Gasteiger partial charge in [0.15, 0.2) is 0 Å². The Morgan fingerprint density at radius 3 is 1.17 bits per heavy atom. The summed E-state index contributed by atoms with van der Waals surface area (Å²) < 4.78 is 6.10. The summed E-state index contributed by atoms with van der Waals surface area (Å²) in [5, 5.41) is 39.5. The van der Waals surface area contributed by atoms with E-state index in [-0.39, 0.29) is 24.0 Å². The second-order valence-electron chi connectivity index (χ2n) is 11.6. The fraction of sp³-hybridized carbons (Fsp3) is 1.00. The summed E-state index contributed by atoms with van der Waals surface area (Å²) in [6, 6.07) is 0. The molecule has 0 saturated heterocycles. The molecule has 5 heteroatoms. The van der Waals surface area contributed by atoms with Gasteiger partial charge in [0.05, 0.1) is 25.4 Å². The van der Waals surface area contributed by atoms with Crippen molar-refractivity contribution in [3.05, 3.63) is 0 Å². The van der Waals surface area contributed by atoms with Crippen LogP contribution in [0.1, 0.15) is 93.9 Å². The lowest BCUT2D eigenvalue weighted by Crippen LogP contribution is -2.41. The van der Waals surface area contributed by atoms with Gasteiger partial charge in [-0.05, 0) is 61.2 Å². The first-order valence-corrected chi connectivity index (χ1v) is 11.4. The zero-order valence-corrected chi connectivity index (χ0v) is 20.3. The molecule has 0 bridgehead atoms. The van der Waals surface area contributed by atoms with E-state index >= 15 is 0 Å². The maximum atomic E-state index is 10.3. The van der Waals surface area contributed by atoms with Crippen molar-refractivity contribution in [3.63, 3.8) is 0 Å². The van der Waals surface area contributed by atoms with Gasteiger partial charge in [-0.25, -0.2) is 0 Å². The minimum absolute atomic E-state index is 0.240. The third kappa shape index (κ3) is 14.4. The standard InChI is InChI=1S/C24H50O5/c1-17(13-23(3,4)5)9-11-21(19(27)15-25)29-22(20(28)16-26)12-10-18(2)14-24(6,7)8/h17-22,25-28H,9-16H2,1-8H3. The third-order valence-corrected chi connectivity index (χ3v) is 5.39. The van der Waals surface area contributed by atoms with Crippen LogP contribution < -0.4 is 0 Å². The van der Waals surface area contributed by atoms with Crippen LogP contribution in [-0.2, 0) is 4.74 Å². The fourth-order valence-electron chi connectivity index (χ4n) is 4.35. The van der Waals surface area contributed by atoms with E-state index in [1.807, 2.05) is 0 Å². The highest BCUT2D eigenvalue weighted by molar-refractivity contribution is 4.78. The Morgan fingerprint density at radius 2 is 0.931 bits per heavy atom. The maximum absolute atomic E-state index is 10.3. The van der Waals surface area contributed by atoms with Crippen LogP contribution in [0, 0.1) is 22.7 Å². The second-order valence-corrected chi connectivity index (χ2v) is 11.6. The first kappa shape index (κ1) is 28.8. The molecule has 0 fully saturated rings. The highest BCUT2D eigenvalue weighted by Crippen LogP contribution is 2.30. The normalized spacial score (nSPS) is 19.4. The molecule has 0 aromatic heterocycles. The topological polar surface area (TPSA) is 90.2 Å². The molecule has 0 amide bonds. The van der Waals surface area contributed by atoms with E-state index in [4.69, 9.17) is 4.74 Å². The number of hydrogen-bond acceptors (Lipinski definition) is 5. The highest BCUT2D eigenvalue weighted by atomic mass is 16.5. The van der Waals surface area contributed by atoms with Crippen LogP contribution in [0.3, 0.4) is 0 Å². The van der Waals surface area contributed by atoms with Gasteiger partial charge in [0.1, 0.15) is 12.2 Å². The van der Waals surface area contributed by atoms with Gasteiger partial charge in [0, 0.05) is 0 Å². The van der Waals surface area contributed by atoms with Crippen LogP contribution in [-0.4, -0.2) is 58.1 Å². The molecule has 0 aliphatic carbocycles. The van der Waals surface area contributed by atoms with Crippen molar-refractivity contribution in [2.45, 2.75) is 118 Å². The molecule has 0 radical (unpaired) electrons. The van der Waals surface area contributed by atoms with E-state index in [9.17, 15) is 20.4 Å². The Labute approximate surface area is 179 Å². The van der Waals surface area contributed by atoms with Crippen molar-refractivity contribution in [2.75, 3.05) is 13.2 Å². The van der Waals surface area contributed by atoms with E-state index in [1.165, 1.54) is 0 Å². The van der Waals surface area contributed by atoms with Crippen LogP contribution in [0.4, 0.5) is 0 Å². The number of rotatable bonds is 14. The molecule has 6 atom stereocenters. The van der Waals surface area contributed by atoms with Crippen LogP contribution in [0.15, 0.2) is 0 Å². The van der Waals surface area contributed by atoms with E-state index in [1.54, 1.807) is 0 Å². The molecule has 176 valence electrons. The second kappa shape index (κ2) is 13.3. The molecule has 0 heterocycles. The fourth-order valence-corrected chi connectivity index (χ4v) is 4.35. The Kier molecular flexibility index (Phi) is 13.2. The van der Waals surface area contributed by atoms with Gasteiger partial charge in [0.2, 0.25) is 0 Å². The molecular formula is C24H50O5. The summed E-state index contributed by atoms with van der Waals surface area (Å²) in [7, 11) is 0. The van der Waals surface area contributed by atoms with Gasteiger partial charge in [-0.15, -0.1) is 0 Å². The summed E-state index contributed by atoms with van der Waals surface area (Å²) in [5.41, 5.74) is 0.481. The van der Waals surface area contributed by atoms with Crippen molar-refractivity contribution < 1.29 is 25.2 Å². The van der Waals surface area contributed by atoms with Gasteiger partial charge in [-0.3, -0.25) is 0 Å². The van der Waals surface area contributed by atoms with E-state index in [0.29, 0.717) is 24.7 Å². The zero-order valence-electron chi connectivity index (χ0n) is 20.3. The predicted molar refractivity (Wildman–Crippen MR) is 120 cm³/mol. The average Bonchev–Trinajstić information content (AvgIpc) is 2.56. The number of aliphatic hydroxyl groups excluding tert-OH is 4. The van der Waals surface area contributed by atoms with E-state index < -0.39 is 24.4 Å². The Balaban J connectivity index is 4.95. The van der Waals surface area contributed by atoms with Crippen LogP contribution in [0.2, 0.25) is 0 Å². The molecule has 0 spiro atoms. The predicted octanol–water partition coefficient (Wildman–Crippen LogP) is 4.15. The van der Waals surface area contributed by atoms with E-state index in [2.05, 4.69) is 55.4 Å². The monoisotopic (exact) mass is 418 g/mol. The molecule has 5 nitrogen and oxygen atoms in total. The lowest BCUT2D eigenvalue weighted by atomic mass is 9.83. The average molecular weight is 419 g/mol. The number of hydrogen-bond donors (Lipinski definition) is 4. The quantitative estimate of drug-likeness (QED) is 0.340. The van der Waals surface area contributed by atoms with Crippen molar-refractivity contribution in [1.29, 1.82) is 0 Å². The third-order valence-electron chi connectivity index (χ3n) is 5.39. The summed E-state index contributed by atoms with van der Waals surface area (Å²) >= 11 is 0. The minimum atomic E-state index is -0.989. The van der Waals surface area contributed by atoms with Gasteiger partial charge in [-0.2, -0.15) is 0 Å². The SMILES string of the molecule is CC(CCC(OC(CCC(C)CC(C)(C)C)C(O)CO)C(O)CO)CC(C)(C)C. The molecule has 0 aliphatic heterocycles. The van der Waals surface area contributed by atoms with Crippen molar-refractivity contribution in [3.8, 4) is 0 Å². The summed E-state index contributed by atoms with van der Waals surface area (Å²) in [5.74, 6) is 0.944. The lowest BCUT2D eigenvalue weighted by molar-refractivity contribution is -0.139. The van der Waals surface area contributed by atoms with Crippen LogP contribution in [0.25, 0.3) is 0 Å². The summed E-state index contributed by atoms with van der Waals surface area (Å²) in [6.45, 7) is 16.9. The molecule has 6 unspecified atom stereocenters. The first-order valence-electron chi connectivity index (χ1n) is 11.4.